The predicted octanol–water partition coefficient (Wildman–Crippen LogP) is 4.09. The molecule has 2 aromatic rings. The van der Waals surface area contributed by atoms with E-state index < -0.39 is 5.97 Å². The molecule has 0 atom stereocenters. The number of hydrogen-bond donors (Lipinski definition) is 0. The van der Waals surface area contributed by atoms with Crippen LogP contribution >= 0.6 is 39.1 Å². The van der Waals surface area contributed by atoms with E-state index in [9.17, 15) is 4.79 Å². The highest BCUT2D eigenvalue weighted by Crippen LogP contribution is 2.30. The van der Waals surface area contributed by atoms with Crippen LogP contribution in [0, 0.1) is 0 Å². The van der Waals surface area contributed by atoms with Gasteiger partial charge in [-0.1, -0.05) is 23.2 Å². The molecule has 1 aromatic heterocycles. The lowest BCUT2D eigenvalue weighted by atomic mass is 10.1. The molecule has 3 nitrogen and oxygen atoms in total. The van der Waals surface area contributed by atoms with Gasteiger partial charge in [0.15, 0.2) is 0 Å². The fourth-order valence-corrected chi connectivity index (χ4v) is 2.46. The van der Waals surface area contributed by atoms with E-state index in [0.29, 0.717) is 20.6 Å². The molecule has 17 heavy (non-hydrogen) atoms. The summed E-state index contributed by atoms with van der Waals surface area (Å²) in [5.74, 6) is -0.448. The topological polar surface area (TPSA) is 39.2 Å². The summed E-state index contributed by atoms with van der Waals surface area (Å²) in [7, 11) is 1.32. The molecule has 0 amide bonds. The van der Waals surface area contributed by atoms with Crippen LogP contribution in [0.4, 0.5) is 0 Å². The van der Waals surface area contributed by atoms with Crippen molar-refractivity contribution in [2.75, 3.05) is 7.11 Å². The fourth-order valence-electron chi connectivity index (χ4n) is 1.44. The summed E-state index contributed by atoms with van der Waals surface area (Å²) in [4.78, 5) is 15.6. The Morgan fingerprint density at radius 2 is 2.06 bits per heavy atom. The van der Waals surface area contributed by atoms with Crippen LogP contribution in [0.1, 0.15) is 10.4 Å². The molecule has 0 aliphatic heterocycles. The standard InChI is InChI=1S/C11H6BrCl2NO2/c1-17-11(16)5-3-9-6(2-7(5)12)8(13)4-10(14)15-9/h2-4H,1H3. The normalized spacial score (nSPS) is 10.6. The average Bonchev–Trinajstić information content (AvgIpc) is 2.28. The molecule has 2 rings (SSSR count). The summed E-state index contributed by atoms with van der Waals surface area (Å²) >= 11 is 15.1. The molecule has 1 heterocycles. The van der Waals surface area contributed by atoms with Gasteiger partial charge in [0.1, 0.15) is 5.15 Å². The number of pyridine rings is 1. The Morgan fingerprint density at radius 3 is 2.71 bits per heavy atom. The molecule has 0 bridgehead atoms. The van der Waals surface area contributed by atoms with Crippen molar-refractivity contribution >= 4 is 56.0 Å². The van der Waals surface area contributed by atoms with E-state index in [1.54, 1.807) is 18.2 Å². The summed E-state index contributed by atoms with van der Waals surface area (Å²) in [6, 6.07) is 4.85. The lowest BCUT2D eigenvalue weighted by Gasteiger charge is -2.06. The molecular formula is C11H6BrCl2NO2. The molecule has 1 aromatic carbocycles. The zero-order valence-corrected chi connectivity index (χ0v) is 11.7. The second kappa shape index (κ2) is 4.80. The summed E-state index contributed by atoms with van der Waals surface area (Å²) in [5, 5.41) is 1.48. The zero-order chi connectivity index (χ0) is 12.6. The number of carbonyl (C=O) groups excluding carboxylic acids is 1. The van der Waals surface area contributed by atoms with Crippen LogP contribution in [0.25, 0.3) is 10.9 Å². The third kappa shape index (κ3) is 2.39. The number of halogens is 3. The minimum absolute atomic E-state index is 0.278. The summed E-state index contributed by atoms with van der Waals surface area (Å²) in [5.41, 5.74) is 0.928. The van der Waals surface area contributed by atoms with Crippen molar-refractivity contribution in [2.45, 2.75) is 0 Å². The van der Waals surface area contributed by atoms with Crippen LogP contribution < -0.4 is 0 Å². The molecule has 0 N–H and O–H groups in total. The Morgan fingerprint density at radius 1 is 1.35 bits per heavy atom. The SMILES string of the molecule is COC(=O)c1cc2nc(Cl)cc(Cl)c2cc1Br. The van der Waals surface area contributed by atoms with E-state index in [1.165, 1.54) is 7.11 Å². The summed E-state index contributed by atoms with van der Waals surface area (Å²) in [6.45, 7) is 0. The van der Waals surface area contributed by atoms with Crippen LogP contribution in [0.15, 0.2) is 22.7 Å². The molecule has 0 unspecified atom stereocenters. The molecule has 0 radical (unpaired) electrons. The Kier molecular flexibility index (Phi) is 3.56. The molecule has 6 heteroatoms. The van der Waals surface area contributed by atoms with Crippen molar-refractivity contribution in [2.24, 2.45) is 0 Å². The second-order valence-electron chi connectivity index (χ2n) is 3.27. The number of esters is 1. The Hall–Kier alpha value is -0.840. The Labute approximate surface area is 116 Å². The van der Waals surface area contributed by atoms with Gasteiger partial charge in [-0.3, -0.25) is 0 Å². The molecular weight excluding hydrogens is 329 g/mol. The van der Waals surface area contributed by atoms with Gasteiger partial charge in [-0.2, -0.15) is 0 Å². The van der Waals surface area contributed by atoms with E-state index in [0.717, 1.165) is 5.39 Å². The highest BCUT2D eigenvalue weighted by Gasteiger charge is 2.14. The van der Waals surface area contributed by atoms with Gasteiger partial charge >= 0.3 is 5.97 Å². The van der Waals surface area contributed by atoms with Crippen LogP contribution in [0.3, 0.4) is 0 Å². The maximum Gasteiger partial charge on any atom is 0.339 e. The van der Waals surface area contributed by atoms with Gasteiger partial charge in [0.05, 0.1) is 23.2 Å². The maximum atomic E-state index is 11.5. The highest BCUT2D eigenvalue weighted by atomic mass is 79.9. The highest BCUT2D eigenvalue weighted by molar-refractivity contribution is 9.10. The molecule has 0 fully saturated rings. The van der Waals surface area contributed by atoms with Crippen molar-refractivity contribution < 1.29 is 9.53 Å². The van der Waals surface area contributed by atoms with Crippen molar-refractivity contribution in [1.29, 1.82) is 0 Å². The predicted molar refractivity (Wildman–Crippen MR) is 70.8 cm³/mol. The van der Waals surface area contributed by atoms with Crippen molar-refractivity contribution in [3.63, 3.8) is 0 Å². The first-order valence-corrected chi connectivity index (χ1v) is 6.11. The quantitative estimate of drug-likeness (QED) is 0.582. The van der Waals surface area contributed by atoms with E-state index >= 15 is 0 Å². The van der Waals surface area contributed by atoms with Crippen molar-refractivity contribution in [3.8, 4) is 0 Å². The number of ether oxygens (including phenoxy) is 1. The second-order valence-corrected chi connectivity index (χ2v) is 4.92. The lowest BCUT2D eigenvalue weighted by molar-refractivity contribution is 0.0600. The first-order chi connectivity index (χ1) is 8.02. The first-order valence-electron chi connectivity index (χ1n) is 4.56. The number of nitrogens with zero attached hydrogens (tertiary/aromatic N) is 1. The Balaban J connectivity index is 2.76. The van der Waals surface area contributed by atoms with Gasteiger partial charge in [0, 0.05) is 9.86 Å². The summed E-state index contributed by atoms with van der Waals surface area (Å²) < 4.78 is 5.26. The van der Waals surface area contributed by atoms with Crippen LogP contribution in [-0.4, -0.2) is 18.1 Å². The van der Waals surface area contributed by atoms with Crippen LogP contribution in [0.5, 0.6) is 0 Å². The zero-order valence-electron chi connectivity index (χ0n) is 8.63. The molecule has 0 aliphatic rings. The molecule has 0 saturated heterocycles. The van der Waals surface area contributed by atoms with Crippen LogP contribution in [0.2, 0.25) is 10.2 Å². The largest absolute Gasteiger partial charge is 0.465 e. The van der Waals surface area contributed by atoms with Gasteiger partial charge in [-0.25, -0.2) is 9.78 Å². The smallest absolute Gasteiger partial charge is 0.339 e. The third-order valence-corrected chi connectivity index (χ3v) is 3.38. The number of rotatable bonds is 1. The number of hydrogen-bond acceptors (Lipinski definition) is 3. The van der Waals surface area contributed by atoms with E-state index in [-0.39, 0.29) is 5.15 Å². The molecule has 88 valence electrons. The van der Waals surface area contributed by atoms with Gasteiger partial charge in [-0.15, -0.1) is 0 Å². The van der Waals surface area contributed by atoms with E-state index in [4.69, 9.17) is 23.2 Å². The average molecular weight is 335 g/mol. The van der Waals surface area contributed by atoms with E-state index in [2.05, 4.69) is 25.7 Å². The minimum Gasteiger partial charge on any atom is -0.465 e. The molecule has 0 aliphatic carbocycles. The van der Waals surface area contributed by atoms with E-state index in [1.807, 2.05) is 0 Å². The number of fused-ring (bicyclic) bond motifs is 1. The minimum atomic E-state index is -0.448. The fraction of sp³-hybridized carbons (Fsp3) is 0.0909. The number of carbonyl (C=O) groups is 1. The molecule has 0 spiro atoms. The molecule has 0 saturated carbocycles. The first kappa shape index (κ1) is 12.6. The monoisotopic (exact) mass is 333 g/mol. The number of methoxy groups -OCH3 is 1. The van der Waals surface area contributed by atoms with Gasteiger partial charge in [0.25, 0.3) is 0 Å². The lowest BCUT2D eigenvalue weighted by Crippen LogP contribution is -2.02. The Bertz CT molecular complexity index is 616. The maximum absolute atomic E-state index is 11.5. The van der Waals surface area contributed by atoms with Crippen LogP contribution in [-0.2, 0) is 4.74 Å². The van der Waals surface area contributed by atoms with Gasteiger partial charge in [-0.05, 0) is 34.1 Å². The van der Waals surface area contributed by atoms with Gasteiger partial charge in [0.2, 0.25) is 0 Å². The van der Waals surface area contributed by atoms with Gasteiger partial charge < -0.3 is 4.74 Å². The number of aromatic nitrogens is 1. The van der Waals surface area contributed by atoms with Crippen molar-refractivity contribution in [1.82, 2.24) is 4.98 Å². The number of benzene rings is 1. The third-order valence-electron chi connectivity index (χ3n) is 2.22. The van der Waals surface area contributed by atoms with Crippen molar-refractivity contribution in [3.05, 3.63) is 38.4 Å². The summed E-state index contributed by atoms with van der Waals surface area (Å²) in [6.07, 6.45) is 0.